The lowest BCUT2D eigenvalue weighted by molar-refractivity contribution is 0.320. The number of hydrogen-bond acceptors (Lipinski definition) is 7. The molecule has 136 valence electrons. The van der Waals surface area contributed by atoms with Gasteiger partial charge in [0, 0.05) is 23.5 Å². The topological polar surface area (TPSA) is 78.4 Å². The molecule has 0 saturated carbocycles. The maximum atomic E-state index is 11.0. The van der Waals surface area contributed by atoms with E-state index in [0.717, 1.165) is 34.1 Å². The normalized spacial score (nSPS) is 10.8. The van der Waals surface area contributed by atoms with Gasteiger partial charge in [-0.1, -0.05) is 30.3 Å². The van der Waals surface area contributed by atoms with Gasteiger partial charge in [0.2, 0.25) is 11.8 Å². The Bertz CT molecular complexity index is 1050. The Morgan fingerprint density at radius 1 is 1.04 bits per heavy atom. The highest BCUT2D eigenvalue weighted by Crippen LogP contribution is 2.19. The SMILES string of the molecule is O=c1oc(Cc2ccc(OCCc3coc(-c4ccccc4)n3)cc2)ns1. The predicted molar refractivity (Wildman–Crippen MR) is 101 cm³/mol. The number of nitrogens with zero attached hydrogens (tertiary/aromatic N) is 2. The van der Waals surface area contributed by atoms with E-state index in [4.69, 9.17) is 13.6 Å². The lowest BCUT2D eigenvalue weighted by atomic mass is 10.1. The van der Waals surface area contributed by atoms with Gasteiger partial charge in [-0.2, -0.15) is 4.37 Å². The van der Waals surface area contributed by atoms with Crippen LogP contribution in [0.25, 0.3) is 11.5 Å². The molecule has 4 rings (SSSR count). The summed E-state index contributed by atoms with van der Waals surface area (Å²) in [5, 5.41) is 0. The Labute approximate surface area is 159 Å². The Balaban J connectivity index is 1.29. The standard InChI is InChI=1S/C20H16N2O4S/c23-20-26-18(22-27-20)12-14-6-8-17(9-7-14)24-11-10-16-13-25-19(21-16)15-4-2-1-3-5-15/h1-9,13H,10-12H2. The predicted octanol–water partition coefficient (Wildman–Crippen LogP) is 3.96. The molecule has 0 aliphatic carbocycles. The maximum absolute atomic E-state index is 11.0. The van der Waals surface area contributed by atoms with Crippen molar-refractivity contribution in [2.75, 3.05) is 6.61 Å². The molecule has 0 bridgehead atoms. The summed E-state index contributed by atoms with van der Waals surface area (Å²) >= 11 is 0.826. The van der Waals surface area contributed by atoms with Crippen molar-refractivity contribution in [3.63, 3.8) is 0 Å². The van der Waals surface area contributed by atoms with Gasteiger partial charge in [-0.15, -0.1) is 0 Å². The van der Waals surface area contributed by atoms with Crippen LogP contribution in [0.15, 0.2) is 74.5 Å². The molecule has 0 aliphatic rings. The van der Waals surface area contributed by atoms with Crippen LogP contribution in [0.5, 0.6) is 5.75 Å². The number of oxazole rings is 1. The zero-order valence-corrected chi connectivity index (χ0v) is 15.1. The van der Waals surface area contributed by atoms with Crippen LogP contribution in [0.1, 0.15) is 17.1 Å². The monoisotopic (exact) mass is 380 g/mol. The van der Waals surface area contributed by atoms with Gasteiger partial charge < -0.3 is 13.6 Å². The molecule has 4 aromatic rings. The second kappa shape index (κ2) is 8.01. The fourth-order valence-corrected chi connectivity index (χ4v) is 2.99. The zero-order valence-electron chi connectivity index (χ0n) is 14.3. The number of aromatic nitrogens is 2. The Kier molecular flexibility index (Phi) is 5.11. The van der Waals surface area contributed by atoms with E-state index in [-0.39, 0.29) is 4.94 Å². The minimum atomic E-state index is -0.381. The van der Waals surface area contributed by atoms with Crippen LogP contribution in [-0.4, -0.2) is 16.0 Å². The molecule has 0 fully saturated rings. The fraction of sp³-hybridized carbons (Fsp3) is 0.150. The molecule has 2 heterocycles. The maximum Gasteiger partial charge on any atom is 0.414 e. The molecule has 0 spiro atoms. The van der Waals surface area contributed by atoms with Crippen LogP contribution in [0.2, 0.25) is 0 Å². The van der Waals surface area contributed by atoms with Gasteiger partial charge in [0.25, 0.3) is 0 Å². The molecule has 27 heavy (non-hydrogen) atoms. The molecule has 0 unspecified atom stereocenters. The minimum absolute atomic E-state index is 0.381. The van der Waals surface area contributed by atoms with Crippen LogP contribution in [-0.2, 0) is 12.8 Å². The Morgan fingerprint density at radius 3 is 2.59 bits per heavy atom. The van der Waals surface area contributed by atoms with Crippen LogP contribution in [0, 0.1) is 0 Å². The molecule has 0 saturated heterocycles. The van der Waals surface area contributed by atoms with Gasteiger partial charge in [0.15, 0.2) is 0 Å². The van der Waals surface area contributed by atoms with E-state index < -0.39 is 0 Å². The number of rotatable bonds is 7. The fourth-order valence-electron chi connectivity index (χ4n) is 2.58. The third-order valence-electron chi connectivity index (χ3n) is 3.90. The van der Waals surface area contributed by atoms with Crippen molar-refractivity contribution >= 4 is 11.5 Å². The highest BCUT2D eigenvalue weighted by molar-refractivity contribution is 7.02. The van der Waals surface area contributed by atoms with Crippen molar-refractivity contribution in [3.05, 3.63) is 87.7 Å². The quantitative estimate of drug-likeness (QED) is 0.483. The molecular formula is C20H16N2O4S. The average Bonchev–Trinajstić information content (AvgIpc) is 3.33. The molecule has 7 heteroatoms. The highest BCUT2D eigenvalue weighted by atomic mass is 32.1. The van der Waals surface area contributed by atoms with Crippen LogP contribution >= 0.6 is 11.5 Å². The van der Waals surface area contributed by atoms with Crippen molar-refractivity contribution in [2.45, 2.75) is 12.8 Å². The number of hydrogen-bond donors (Lipinski definition) is 0. The summed E-state index contributed by atoms with van der Waals surface area (Å²) in [6.07, 6.45) is 2.80. The van der Waals surface area contributed by atoms with E-state index in [2.05, 4.69) is 9.36 Å². The first-order valence-corrected chi connectivity index (χ1v) is 9.21. The second-order valence-electron chi connectivity index (χ2n) is 5.86. The van der Waals surface area contributed by atoms with Gasteiger partial charge in [0.05, 0.1) is 18.7 Å². The zero-order chi connectivity index (χ0) is 18.5. The minimum Gasteiger partial charge on any atom is -0.493 e. The van der Waals surface area contributed by atoms with Gasteiger partial charge in [-0.05, 0) is 29.8 Å². The molecule has 0 aliphatic heterocycles. The summed E-state index contributed by atoms with van der Waals surface area (Å²) in [7, 11) is 0. The average molecular weight is 380 g/mol. The molecule has 0 amide bonds. The first kappa shape index (κ1) is 17.2. The van der Waals surface area contributed by atoms with Crippen LogP contribution in [0.4, 0.5) is 0 Å². The summed E-state index contributed by atoms with van der Waals surface area (Å²) in [6, 6.07) is 17.4. The van der Waals surface area contributed by atoms with Gasteiger partial charge in [-0.3, -0.25) is 0 Å². The van der Waals surface area contributed by atoms with Crippen LogP contribution < -0.4 is 9.68 Å². The van der Waals surface area contributed by atoms with E-state index in [9.17, 15) is 4.79 Å². The van der Waals surface area contributed by atoms with Crippen molar-refractivity contribution in [1.82, 2.24) is 9.36 Å². The lowest BCUT2D eigenvalue weighted by Gasteiger charge is -2.05. The van der Waals surface area contributed by atoms with Crippen molar-refractivity contribution in [1.29, 1.82) is 0 Å². The third kappa shape index (κ3) is 4.51. The van der Waals surface area contributed by atoms with E-state index >= 15 is 0 Å². The molecule has 2 aromatic heterocycles. The number of ether oxygens (including phenoxy) is 1. The Morgan fingerprint density at radius 2 is 1.85 bits per heavy atom. The first-order chi connectivity index (χ1) is 13.3. The number of benzene rings is 2. The highest BCUT2D eigenvalue weighted by Gasteiger charge is 2.07. The summed E-state index contributed by atoms with van der Waals surface area (Å²) in [4.78, 5) is 15.1. The summed E-state index contributed by atoms with van der Waals surface area (Å²) < 4.78 is 20.2. The van der Waals surface area contributed by atoms with Gasteiger partial charge in [0.1, 0.15) is 12.0 Å². The first-order valence-electron chi connectivity index (χ1n) is 8.43. The third-order valence-corrected chi connectivity index (χ3v) is 4.43. The van der Waals surface area contributed by atoms with Crippen molar-refractivity contribution < 1.29 is 13.6 Å². The molecule has 2 aromatic carbocycles. The molecule has 0 N–H and O–H groups in total. The second-order valence-corrected chi connectivity index (χ2v) is 6.56. The van der Waals surface area contributed by atoms with Crippen LogP contribution in [0.3, 0.4) is 0 Å². The van der Waals surface area contributed by atoms with Gasteiger partial charge in [-0.25, -0.2) is 9.78 Å². The smallest absolute Gasteiger partial charge is 0.414 e. The molecular weight excluding hydrogens is 364 g/mol. The molecule has 0 atom stereocenters. The summed E-state index contributed by atoms with van der Waals surface area (Å²) in [5.74, 6) is 1.81. The molecule has 6 nitrogen and oxygen atoms in total. The largest absolute Gasteiger partial charge is 0.493 e. The van der Waals surface area contributed by atoms with E-state index in [1.54, 1.807) is 6.26 Å². The van der Waals surface area contributed by atoms with Crippen molar-refractivity contribution in [2.24, 2.45) is 0 Å². The van der Waals surface area contributed by atoms with E-state index in [1.165, 1.54) is 0 Å². The summed E-state index contributed by atoms with van der Waals surface area (Å²) in [5.41, 5.74) is 2.81. The Hall–Kier alpha value is -3.19. The van der Waals surface area contributed by atoms with Gasteiger partial charge >= 0.3 is 4.94 Å². The lowest BCUT2D eigenvalue weighted by Crippen LogP contribution is -2.01. The van der Waals surface area contributed by atoms with E-state index in [0.29, 0.717) is 31.2 Å². The molecule has 0 radical (unpaired) electrons. The summed E-state index contributed by atoms with van der Waals surface area (Å²) in [6.45, 7) is 0.501. The van der Waals surface area contributed by atoms with E-state index in [1.807, 2.05) is 54.6 Å². The van der Waals surface area contributed by atoms with Crippen molar-refractivity contribution in [3.8, 4) is 17.2 Å².